The van der Waals surface area contributed by atoms with Crippen LogP contribution in [0.3, 0.4) is 0 Å². The van der Waals surface area contributed by atoms with Crippen LogP contribution in [0, 0.1) is 6.92 Å². The zero-order chi connectivity index (χ0) is 17.4. The number of carbonyl (C=O) groups excluding carboxylic acids is 1. The second kappa shape index (κ2) is 5.83. The molecule has 6 heteroatoms. The molecular weight excluding hydrogens is 316 g/mol. The zero-order valence-electron chi connectivity index (χ0n) is 13.4. The quantitative estimate of drug-likeness (QED) is 0.524. The predicted octanol–water partition coefficient (Wildman–Crippen LogP) is 4.65. The van der Waals surface area contributed by atoms with E-state index in [9.17, 15) is 9.90 Å². The Kier molecular flexibility index (Phi) is 3.50. The van der Waals surface area contributed by atoms with E-state index in [0.717, 1.165) is 16.5 Å². The minimum Gasteiger partial charge on any atom is -0.493 e. The molecule has 122 valence electrons. The number of para-hydroxylation sites is 1. The Morgan fingerprint density at radius 1 is 1.12 bits per heavy atom. The Balaban J connectivity index is 1.70. The van der Waals surface area contributed by atoms with Crippen molar-refractivity contribution >= 4 is 33.4 Å². The van der Waals surface area contributed by atoms with Gasteiger partial charge in [0.25, 0.3) is 0 Å². The lowest BCUT2D eigenvalue weighted by molar-refractivity contribution is 0.0990. The molecule has 6 nitrogen and oxygen atoms in total. The van der Waals surface area contributed by atoms with Gasteiger partial charge in [-0.2, -0.15) is 0 Å². The Hall–Kier alpha value is -3.54. The summed E-state index contributed by atoms with van der Waals surface area (Å²) in [5.41, 5.74) is 2.92. The highest BCUT2D eigenvalue weighted by Gasteiger charge is 2.12. The molecule has 0 aliphatic heterocycles. The summed E-state index contributed by atoms with van der Waals surface area (Å²) in [4.78, 5) is 19.4. The average molecular weight is 330 g/mol. The lowest BCUT2D eigenvalue weighted by Crippen LogP contribution is -1.97. The van der Waals surface area contributed by atoms with Crippen LogP contribution in [0.4, 0.5) is 5.69 Å². The molecule has 0 spiro atoms. The number of hydrogen-bond acceptors (Lipinski definition) is 4. The number of carbonyl (C=O) groups is 1. The van der Waals surface area contributed by atoms with E-state index in [1.165, 1.54) is 0 Å². The third-order valence-corrected chi connectivity index (χ3v) is 3.97. The standard InChI is InChI=1S/C19H14N4O2/c1-11-6-8-15-13(10-11)17(19(25)21-15)22-23-18(24)16-9-7-12-4-2-3-5-14(12)20-16/h2-10,21,25H,1H3. The first kappa shape index (κ1) is 15.0. The van der Waals surface area contributed by atoms with E-state index in [2.05, 4.69) is 20.2 Å². The Labute approximate surface area is 142 Å². The summed E-state index contributed by atoms with van der Waals surface area (Å²) in [7, 11) is 0. The van der Waals surface area contributed by atoms with Gasteiger partial charge in [0.05, 0.1) is 11.0 Å². The minimum absolute atomic E-state index is 0.122. The molecule has 0 aliphatic carbocycles. The van der Waals surface area contributed by atoms with Gasteiger partial charge in [-0.05, 0) is 31.2 Å². The van der Waals surface area contributed by atoms with Crippen molar-refractivity contribution < 1.29 is 9.90 Å². The Morgan fingerprint density at radius 2 is 1.96 bits per heavy atom. The number of nitrogens with zero attached hydrogens (tertiary/aromatic N) is 3. The first-order valence-electron chi connectivity index (χ1n) is 7.75. The van der Waals surface area contributed by atoms with Gasteiger partial charge in [0.15, 0.2) is 5.69 Å². The number of benzene rings is 2. The molecular formula is C19H14N4O2. The molecule has 0 radical (unpaired) electrons. The van der Waals surface area contributed by atoms with Gasteiger partial charge in [0.1, 0.15) is 5.69 Å². The number of hydrogen-bond donors (Lipinski definition) is 2. The van der Waals surface area contributed by atoms with Gasteiger partial charge in [0.2, 0.25) is 5.88 Å². The number of H-pyrrole nitrogens is 1. The second-order valence-corrected chi connectivity index (χ2v) is 5.77. The van der Waals surface area contributed by atoms with Gasteiger partial charge in [-0.1, -0.05) is 35.9 Å². The molecule has 0 fully saturated rings. The van der Waals surface area contributed by atoms with Crippen molar-refractivity contribution in [1.82, 2.24) is 9.97 Å². The number of aromatic hydroxyl groups is 1. The highest BCUT2D eigenvalue weighted by atomic mass is 16.3. The van der Waals surface area contributed by atoms with Crippen molar-refractivity contribution in [2.75, 3.05) is 0 Å². The van der Waals surface area contributed by atoms with Crippen LogP contribution in [0.25, 0.3) is 21.8 Å². The third-order valence-electron chi connectivity index (χ3n) is 3.97. The van der Waals surface area contributed by atoms with Crippen molar-refractivity contribution in [3.05, 3.63) is 65.9 Å². The van der Waals surface area contributed by atoms with Crippen LogP contribution in [0.2, 0.25) is 0 Å². The lowest BCUT2D eigenvalue weighted by atomic mass is 10.1. The van der Waals surface area contributed by atoms with Crippen LogP contribution >= 0.6 is 0 Å². The smallest absolute Gasteiger partial charge is 0.313 e. The van der Waals surface area contributed by atoms with E-state index in [4.69, 9.17) is 0 Å². The summed E-state index contributed by atoms with van der Waals surface area (Å²) in [6.07, 6.45) is 0. The minimum atomic E-state index is -0.563. The Bertz CT molecular complexity index is 1140. The van der Waals surface area contributed by atoms with Gasteiger partial charge >= 0.3 is 5.91 Å². The molecule has 0 atom stereocenters. The summed E-state index contributed by atoms with van der Waals surface area (Å²) in [5, 5.41) is 19.3. The zero-order valence-corrected chi connectivity index (χ0v) is 13.4. The number of nitrogens with one attached hydrogen (secondary N) is 1. The topological polar surface area (TPSA) is 90.7 Å². The van der Waals surface area contributed by atoms with Crippen LogP contribution in [0.5, 0.6) is 5.88 Å². The Morgan fingerprint density at radius 3 is 2.84 bits per heavy atom. The van der Waals surface area contributed by atoms with Crippen molar-refractivity contribution in [2.24, 2.45) is 10.2 Å². The van der Waals surface area contributed by atoms with Gasteiger partial charge in [0, 0.05) is 10.8 Å². The molecule has 0 bridgehead atoms. The maximum absolute atomic E-state index is 12.3. The normalized spacial score (nSPS) is 11.6. The fourth-order valence-corrected chi connectivity index (χ4v) is 2.71. The number of rotatable bonds is 2. The maximum Gasteiger partial charge on any atom is 0.313 e. The first-order chi connectivity index (χ1) is 12.1. The fourth-order valence-electron chi connectivity index (χ4n) is 2.71. The number of amides is 1. The summed E-state index contributed by atoms with van der Waals surface area (Å²) in [5.74, 6) is -0.684. The van der Waals surface area contributed by atoms with E-state index >= 15 is 0 Å². The number of pyridine rings is 1. The first-order valence-corrected chi connectivity index (χ1v) is 7.75. The molecule has 0 unspecified atom stereocenters. The van der Waals surface area contributed by atoms with Gasteiger partial charge in [-0.3, -0.25) is 4.79 Å². The SMILES string of the molecule is Cc1ccc2[nH]c(O)c(N=NC(=O)c3ccc4ccccc4n3)c2c1. The summed E-state index contributed by atoms with van der Waals surface area (Å²) in [6, 6.07) is 16.6. The molecule has 4 rings (SSSR count). The molecule has 0 aliphatic rings. The molecule has 2 aromatic heterocycles. The van der Waals surface area contributed by atoms with Gasteiger partial charge in [-0.15, -0.1) is 10.2 Å². The number of aromatic amines is 1. The van der Waals surface area contributed by atoms with Crippen molar-refractivity contribution in [2.45, 2.75) is 6.92 Å². The number of azo groups is 1. The van der Waals surface area contributed by atoms with Crippen molar-refractivity contribution in [3.8, 4) is 5.88 Å². The molecule has 2 aromatic carbocycles. The highest BCUT2D eigenvalue weighted by molar-refractivity contribution is 5.97. The van der Waals surface area contributed by atoms with Gasteiger partial charge < -0.3 is 10.1 Å². The second-order valence-electron chi connectivity index (χ2n) is 5.77. The lowest BCUT2D eigenvalue weighted by Gasteiger charge is -1.98. The number of fused-ring (bicyclic) bond motifs is 2. The molecule has 0 saturated carbocycles. The van der Waals surface area contributed by atoms with E-state index in [1.54, 1.807) is 6.07 Å². The average Bonchev–Trinajstić information content (AvgIpc) is 2.93. The predicted molar refractivity (Wildman–Crippen MR) is 95.3 cm³/mol. The van der Waals surface area contributed by atoms with E-state index in [-0.39, 0.29) is 17.3 Å². The largest absolute Gasteiger partial charge is 0.493 e. The van der Waals surface area contributed by atoms with Crippen molar-refractivity contribution in [1.29, 1.82) is 0 Å². The van der Waals surface area contributed by atoms with Crippen LogP contribution in [-0.2, 0) is 0 Å². The summed E-state index contributed by atoms with van der Waals surface area (Å²) in [6.45, 7) is 1.94. The molecule has 1 amide bonds. The van der Waals surface area contributed by atoms with Crippen LogP contribution in [-0.4, -0.2) is 21.0 Å². The summed E-state index contributed by atoms with van der Waals surface area (Å²) >= 11 is 0. The van der Waals surface area contributed by atoms with E-state index < -0.39 is 5.91 Å². The van der Waals surface area contributed by atoms with E-state index in [1.807, 2.05) is 55.5 Å². The van der Waals surface area contributed by atoms with Gasteiger partial charge in [-0.25, -0.2) is 4.98 Å². The molecule has 25 heavy (non-hydrogen) atoms. The van der Waals surface area contributed by atoms with Crippen LogP contribution in [0.1, 0.15) is 16.1 Å². The molecule has 2 N–H and O–H groups in total. The maximum atomic E-state index is 12.3. The fraction of sp³-hybridized carbons (Fsp3) is 0.0526. The molecule has 0 saturated heterocycles. The van der Waals surface area contributed by atoms with Crippen LogP contribution in [0.15, 0.2) is 64.8 Å². The monoisotopic (exact) mass is 330 g/mol. The van der Waals surface area contributed by atoms with Crippen molar-refractivity contribution in [3.63, 3.8) is 0 Å². The van der Waals surface area contributed by atoms with E-state index in [0.29, 0.717) is 10.9 Å². The third kappa shape index (κ3) is 2.74. The summed E-state index contributed by atoms with van der Waals surface area (Å²) < 4.78 is 0. The molecule has 2 heterocycles. The van der Waals surface area contributed by atoms with Crippen LogP contribution < -0.4 is 0 Å². The number of aryl methyl sites for hydroxylation is 1. The molecule has 4 aromatic rings. The highest BCUT2D eigenvalue weighted by Crippen LogP contribution is 2.35. The number of aromatic nitrogens is 2.